The van der Waals surface area contributed by atoms with E-state index in [-0.39, 0.29) is 5.97 Å². The van der Waals surface area contributed by atoms with Crippen molar-refractivity contribution in [1.82, 2.24) is 9.78 Å². The molecule has 1 aromatic heterocycles. The third-order valence-corrected chi connectivity index (χ3v) is 4.12. The SMILES string of the molecule is COC(=O)C(C)(N)CCCCSc1cc(C)nn1C. The molecule has 0 spiro atoms. The number of methoxy groups -OCH3 is 1. The fourth-order valence-corrected chi connectivity index (χ4v) is 2.87. The Kier molecular flexibility index (Phi) is 5.87. The van der Waals surface area contributed by atoms with Gasteiger partial charge in [-0.15, -0.1) is 11.8 Å². The number of carbonyl (C=O) groups is 1. The van der Waals surface area contributed by atoms with Crippen molar-refractivity contribution in [2.24, 2.45) is 12.8 Å². The van der Waals surface area contributed by atoms with Crippen molar-refractivity contribution in [2.45, 2.75) is 43.7 Å². The molecule has 6 heteroatoms. The summed E-state index contributed by atoms with van der Waals surface area (Å²) in [6.07, 6.45) is 2.56. The van der Waals surface area contributed by atoms with Crippen molar-refractivity contribution in [3.05, 3.63) is 11.8 Å². The molecular weight excluding hydrogens is 262 g/mol. The largest absolute Gasteiger partial charge is 0.468 e. The first-order valence-electron chi connectivity index (χ1n) is 6.37. The molecule has 0 fully saturated rings. The first kappa shape index (κ1) is 16.0. The molecule has 0 amide bonds. The molecule has 0 aliphatic heterocycles. The third-order valence-electron chi connectivity index (χ3n) is 2.95. The van der Waals surface area contributed by atoms with Crippen molar-refractivity contribution in [3.8, 4) is 0 Å². The van der Waals surface area contributed by atoms with Gasteiger partial charge in [0.2, 0.25) is 0 Å². The Hall–Kier alpha value is -1.01. The first-order valence-corrected chi connectivity index (χ1v) is 7.36. The smallest absolute Gasteiger partial charge is 0.325 e. The predicted molar refractivity (Wildman–Crippen MR) is 77.1 cm³/mol. The Bertz CT molecular complexity index is 430. The summed E-state index contributed by atoms with van der Waals surface area (Å²) in [6.45, 7) is 3.71. The Morgan fingerprint density at radius 1 is 1.58 bits per heavy atom. The van der Waals surface area contributed by atoms with Crippen molar-refractivity contribution in [2.75, 3.05) is 12.9 Å². The lowest BCUT2D eigenvalue weighted by Gasteiger charge is -2.20. The molecule has 0 saturated heterocycles. The maximum Gasteiger partial charge on any atom is 0.325 e. The number of carbonyl (C=O) groups excluding carboxylic acids is 1. The maximum atomic E-state index is 11.4. The van der Waals surface area contributed by atoms with Crippen LogP contribution in [-0.4, -0.2) is 34.2 Å². The fourth-order valence-electron chi connectivity index (χ4n) is 1.83. The van der Waals surface area contributed by atoms with Crippen molar-refractivity contribution in [3.63, 3.8) is 0 Å². The van der Waals surface area contributed by atoms with Crippen LogP contribution in [0.1, 0.15) is 31.9 Å². The second-order valence-corrected chi connectivity index (χ2v) is 6.08. The average molecular weight is 285 g/mol. The summed E-state index contributed by atoms with van der Waals surface area (Å²) in [5.41, 5.74) is 6.06. The normalized spacial score (nSPS) is 14.2. The lowest BCUT2D eigenvalue weighted by Crippen LogP contribution is -2.45. The van der Waals surface area contributed by atoms with Gasteiger partial charge in [0.05, 0.1) is 17.8 Å². The molecule has 108 valence electrons. The van der Waals surface area contributed by atoms with E-state index in [0.717, 1.165) is 24.3 Å². The van der Waals surface area contributed by atoms with E-state index < -0.39 is 5.54 Å². The number of hydrogen-bond acceptors (Lipinski definition) is 5. The number of unbranched alkanes of at least 4 members (excludes halogenated alkanes) is 1. The second-order valence-electron chi connectivity index (χ2n) is 4.96. The first-order chi connectivity index (χ1) is 8.86. The highest BCUT2D eigenvalue weighted by Gasteiger charge is 2.28. The van der Waals surface area contributed by atoms with Crippen LogP contribution in [0.3, 0.4) is 0 Å². The molecule has 0 aromatic carbocycles. The molecule has 5 nitrogen and oxygen atoms in total. The minimum atomic E-state index is -0.872. The molecule has 0 aliphatic carbocycles. The summed E-state index contributed by atoms with van der Waals surface area (Å²) in [4.78, 5) is 11.4. The summed E-state index contributed by atoms with van der Waals surface area (Å²) in [6, 6.07) is 2.08. The van der Waals surface area contributed by atoms with Crippen LogP contribution in [-0.2, 0) is 16.6 Å². The van der Waals surface area contributed by atoms with Crippen molar-refractivity contribution in [1.29, 1.82) is 0 Å². The molecule has 0 aliphatic rings. The summed E-state index contributed by atoms with van der Waals surface area (Å²) in [5, 5.41) is 5.47. The Morgan fingerprint density at radius 2 is 2.26 bits per heavy atom. The molecule has 0 bridgehead atoms. The van der Waals surface area contributed by atoms with E-state index in [0.29, 0.717) is 6.42 Å². The Balaban J connectivity index is 2.25. The zero-order chi connectivity index (χ0) is 14.5. The molecule has 2 N–H and O–H groups in total. The van der Waals surface area contributed by atoms with E-state index in [1.807, 2.05) is 18.7 Å². The van der Waals surface area contributed by atoms with Crippen LogP contribution in [0.25, 0.3) is 0 Å². The number of thioether (sulfide) groups is 1. The Morgan fingerprint density at radius 3 is 2.79 bits per heavy atom. The highest BCUT2D eigenvalue weighted by Crippen LogP contribution is 2.21. The average Bonchev–Trinajstić information content (AvgIpc) is 2.66. The van der Waals surface area contributed by atoms with Crippen LogP contribution in [0.5, 0.6) is 0 Å². The van der Waals surface area contributed by atoms with Gasteiger partial charge in [-0.3, -0.25) is 9.48 Å². The predicted octanol–water partition coefficient (Wildman–Crippen LogP) is 1.88. The van der Waals surface area contributed by atoms with E-state index in [4.69, 9.17) is 5.73 Å². The third kappa shape index (κ3) is 4.87. The molecule has 19 heavy (non-hydrogen) atoms. The van der Waals surface area contributed by atoms with Gasteiger partial charge < -0.3 is 10.5 Å². The monoisotopic (exact) mass is 285 g/mol. The standard InChI is InChI=1S/C13H23N3O2S/c1-10-9-11(16(3)15-10)19-8-6-5-7-13(2,14)12(17)18-4/h9H,5-8,14H2,1-4H3. The number of rotatable bonds is 7. The molecule has 1 aromatic rings. The van der Waals surface area contributed by atoms with Crippen LogP contribution in [0, 0.1) is 6.92 Å². The van der Waals surface area contributed by atoms with E-state index in [2.05, 4.69) is 15.9 Å². The molecule has 1 atom stereocenters. The number of esters is 1. The van der Waals surface area contributed by atoms with Crippen LogP contribution in [0.4, 0.5) is 0 Å². The van der Waals surface area contributed by atoms with E-state index in [1.54, 1.807) is 18.7 Å². The molecule has 0 saturated carbocycles. The molecule has 1 unspecified atom stereocenters. The van der Waals surface area contributed by atoms with Crippen molar-refractivity contribution < 1.29 is 9.53 Å². The van der Waals surface area contributed by atoms with Gasteiger partial charge in [-0.1, -0.05) is 6.42 Å². The highest BCUT2D eigenvalue weighted by atomic mass is 32.2. The molecule has 1 rings (SSSR count). The number of hydrogen-bond donors (Lipinski definition) is 1. The molecule has 1 heterocycles. The fraction of sp³-hybridized carbons (Fsp3) is 0.692. The Labute approximate surface area is 118 Å². The maximum absolute atomic E-state index is 11.4. The minimum absolute atomic E-state index is 0.345. The van der Waals surface area contributed by atoms with Crippen molar-refractivity contribution >= 4 is 17.7 Å². The number of nitrogens with two attached hydrogens (primary N) is 1. The van der Waals surface area contributed by atoms with Gasteiger partial charge in [0.25, 0.3) is 0 Å². The zero-order valence-corrected chi connectivity index (χ0v) is 12.9. The van der Waals surface area contributed by atoms with Crippen LogP contribution >= 0.6 is 11.8 Å². The van der Waals surface area contributed by atoms with Gasteiger partial charge in [-0.25, -0.2) is 0 Å². The molecular formula is C13H23N3O2S. The zero-order valence-electron chi connectivity index (χ0n) is 12.1. The van der Waals surface area contributed by atoms with Gasteiger partial charge in [0.1, 0.15) is 5.54 Å². The molecule has 0 radical (unpaired) electrons. The number of aryl methyl sites for hydroxylation is 2. The summed E-state index contributed by atoms with van der Waals surface area (Å²) < 4.78 is 6.57. The second kappa shape index (κ2) is 6.96. The number of ether oxygens (including phenoxy) is 1. The van der Waals surface area contributed by atoms with Gasteiger partial charge in [0, 0.05) is 7.05 Å². The van der Waals surface area contributed by atoms with E-state index in [1.165, 1.54) is 12.1 Å². The summed E-state index contributed by atoms with van der Waals surface area (Å²) in [5.74, 6) is 0.651. The summed E-state index contributed by atoms with van der Waals surface area (Å²) >= 11 is 1.78. The minimum Gasteiger partial charge on any atom is -0.468 e. The number of aromatic nitrogens is 2. The van der Waals surface area contributed by atoms with E-state index >= 15 is 0 Å². The van der Waals surface area contributed by atoms with Gasteiger partial charge >= 0.3 is 5.97 Å². The lowest BCUT2D eigenvalue weighted by molar-refractivity contribution is -0.146. The van der Waals surface area contributed by atoms with Gasteiger partial charge in [-0.05, 0) is 38.5 Å². The lowest BCUT2D eigenvalue weighted by atomic mass is 9.97. The quantitative estimate of drug-likeness (QED) is 0.470. The van der Waals surface area contributed by atoms with Gasteiger partial charge in [0.15, 0.2) is 0 Å². The topological polar surface area (TPSA) is 70.1 Å². The van der Waals surface area contributed by atoms with Crippen LogP contribution in [0.15, 0.2) is 11.1 Å². The van der Waals surface area contributed by atoms with Crippen LogP contribution in [0.2, 0.25) is 0 Å². The van der Waals surface area contributed by atoms with Gasteiger partial charge in [-0.2, -0.15) is 5.10 Å². The van der Waals surface area contributed by atoms with Crippen LogP contribution < -0.4 is 5.73 Å². The number of nitrogens with zero attached hydrogens (tertiary/aromatic N) is 2. The highest BCUT2D eigenvalue weighted by molar-refractivity contribution is 7.99. The summed E-state index contributed by atoms with van der Waals surface area (Å²) in [7, 11) is 3.32. The van der Waals surface area contributed by atoms with E-state index in [9.17, 15) is 4.79 Å².